The smallest absolute Gasteiger partial charge is 0.143 e. The molecule has 4 aromatic rings. The van der Waals surface area contributed by atoms with Gasteiger partial charge in [-0.3, -0.25) is 0 Å². The third-order valence-electron chi connectivity index (χ3n) is 5.22. The number of hydrogen-bond acceptors (Lipinski definition) is 3. The van der Waals surface area contributed by atoms with Gasteiger partial charge in [0, 0.05) is 5.39 Å². The van der Waals surface area contributed by atoms with E-state index in [1.807, 2.05) is 30.3 Å². The van der Waals surface area contributed by atoms with Crippen molar-refractivity contribution in [3.05, 3.63) is 60.2 Å². The molecule has 0 fully saturated rings. The number of benzene rings is 3. The van der Waals surface area contributed by atoms with Gasteiger partial charge in [-0.15, -0.1) is 15.0 Å². The Balaban J connectivity index is 1.84. The SMILES string of the molecule is CC(C)(C)CC(C)(C)c1ccc(O)c(-n2nc3ccc4ccccc4c3n2)c1. The van der Waals surface area contributed by atoms with Gasteiger partial charge in [-0.05, 0) is 46.4 Å². The van der Waals surface area contributed by atoms with Gasteiger partial charge in [0.25, 0.3) is 0 Å². The van der Waals surface area contributed by atoms with Crippen LogP contribution in [0, 0.1) is 5.41 Å². The molecule has 0 bridgehead atoms. The van der Waals surface area contributed by atoms with Gasteiger partial charge in [-0.2, -0.15) is 0 Å². The summed E-state index contributed by atoms with van der Waals surface area (Å²) in [7, 11) is 0. The van der Waals surface area contributed by atoms with Crippen LogP contribution in [0.4, 0.5) is 0 Å². The third-order valence-corrected chi connectivity index (χ3v) is 5.22. The monoisotopic (exact) mass is 373 g/mol. The molecular formula is C24H27N3O. The number of fused-ring (bicyclic) bond motifs is 3. The van der Waals surface area contributed by atoms with Crippen molar-refractivity contribution in [1.29, 1.82) is 0 Å². The highest BCUT2D eigenvalue weighted by atomic mass is 16.3. The largest absolute Gasteiger partial charge is 0.506 e. The van der Waals surface area contributed by atoms with Crippen molar-refractivity contribution >= 4 is 21.8 Å². The lowest BCUT2D eigenvalue weighted by Gasteiger charge is -2.33. The Morgan fingerprint density at radius 1 is 0.893 bits per heavy atom. The maximum Gasteiger partial charge on any atom is 0.143 e. The van der Waals surface area contributed by atoms with Crippen LogP contribution in [0.3, 0.4) is 0 Å². The van der Waals surface area contributed by atoms with Crippen molar-refractivity contribution in [3.8, 4) is 11.4 Å². The summed E-state index contributed by atoms with van der Waals surface area (Å²) in [5, 5.41) is 22.1. The lowest BCUT2D eigenvalue weighted by atomic mass is 9.72. The number of phenols is 1. The second-order valence-corrected chi connectivity index (χ2v) is 9.47. The molecule has 0 amide bonds. The Morgan fingerprint density at radius 3 is 2.39 bits per heavy atom. The van der Waals surface area contributed by atoms with Crippen LogP contribution in [0.2, 0.25) is 0 Å². The van der Waals surface area contributed by atoms with E-state index < -0.39 is 0 Å². The highest BCUT2D eigenvalue weighted by Crippen LogP contribution is 2.38. The normalized spacial score (nSPS) is 12.8. The first-order chi connectivity index (χ1) is 13.1. The van der Waals surface area contributed by atoms with Crippen molar-refractivity contribution in [2.75, 3.05) is 0 Å². The molecule has 144 valence electrons. The van der Waals surface area contributed by atoms with E-state index in [2.05, 4.69) is 57.9 Å². The number of aromatic hydroxyl groups is 1. The summed E-state index contributed by atoms with van der Waals surface area (Å²) in [6.45, 7) is 11.2. The van der Waals surface area contributed by atoms with E-state index >= 15 is 0 Å². The second-order valence-electron chi connectivity index (χ2n) is 9.47. The molecule has 0 aliphatic rings. The van der Waals surface area contributed by atoms with Crippen molar-refractivity contribution in [1.82, 2.24) is 15.0 Å². The molecule has 0 spiro atoms. The molecule has 28 heavy (non-hydrogen) atoms. The van der Waals surface area contributed by atoms with Gasteiger partial charge in [0.05, 0.1) is 0 Å². The van der Waals surface area contributed by atoms with E-state index in [4.69, 9.17) is 5.10 Å². The number of hydrogen-bond donors (Lipinski definition) is 1. The molecular weight excluding hydrogens is 346 g/mol. The van der Waals surface area contributed by atoms with E-state index in [0.717, 1.165) is 28.2 Å². The first-order valence-corrected chi connectivity index (χ1v) is 9.73. The van der Waals surface area contributed by atoms with Crippen molar-refractivity contribution in [2.24, 2.45) is 5.41 Å². The van der Waals surface area contributed by atoms with E-state index in [9.17, 15) is 5.11 Å². The highest BCUT2D eigenvalue weighted by Gasteiger charge is 2.28. The summed E-state index contributed by atoms with van der Waals surface area (Å²) in [5.41, 5.74) is 3.62. The molecule has 0 aliphatic heterocycles. The standard InChI is InChI=1S/C24H27N3O/c1-23(2,3)15-24(4,5)17-11-13-21(28)20(14-17)27-25-19-12-10-16-8-6-7-9-18(16)22(19)26-27/h6-14,28H,15H2,1-5H3. The van der Waals surface area contributed by atoms with Gasteiger partial charge in [0.1, 0.15) is 22.5 Å². The molecule has 1 heterocycles. The van der Waals surface area contributed by atoms with Crippen molar-refractivity contribution < 1.29 is 5.11 Å². The first-order valence-electron chi connectivity index (χ1n) is 9.73. The minimum absolute atomic E-state index is 0.0278. The third kappa shape index (κ3) is 3.35. The fourth-order valence-corrected chi connectivity index (χ4v) is 4.29. The molecule has 0 radical (unpaired) electrons. The summed E-state index contributed by atoms with van der Waals surface area (Å²) < 4.78 is 0. The molecule has 3 aromatic carbocycles. The Labute approximate surface area is 165 Å². The maximum atomic E-state index is 10.5. The lowest BCUT2D eigenvalue weighted by molar-refractivity contribution is 0.284. The zero-order valence-electron chi connectivity index (χ0n) is 17.2. The topological polar surface area (TPSA) is 50.9 Å². The van der Waals surface area contributed by atoms with Gasteiger partial charge in [0.15, 0.2) is 0 Å². The average Bonchev–Trinajstić information content (AvgIpc) is 3.04. The molecule has 0 aliphatic carbocycles. The second kappa shape index (κ2) is 6.33. The summed E-state index contributed by atoms with van der Waals surface area (Å²) in [6, 6.07) is 18.0. The molecule has 4 nitrogen and oxygen atoms in total. The lowest BCUT2D eigenvalue weighted by Crippen LogP contribution is -2.25. The molecule has 0 unspecified atom stereocenters. The Morgan fingerprint density at radius 2 is 1.64 bits per heavy atom. The molecule has 1 aromatic heterocycles. The fourth-order valence-electron chi connectivity index (χ4n) is 4.29. The van der Waals surface area contributed by atoms with Gasteiger partial charge in [-0.25, -0.2) is 0 Å². The zero-order chi connectivity index (χ0) is 20.1. The predicted octanol–water partition coefficient (Wildman–Crippen LogP) is 5.99. The van der Waals surface area contributed by atoms with E-state index in [0.29, 0.717) is 5.69 Å². The minimum Gasteiger partial charge on any atom is -0.506 e. The maximum absolute atomic E-state index is 10.5. The number of rotatable bonds is 3. The number of aromatic nitrogens is 3. The van der Waals surface area contributed by atoms with Gasteiger partial charge in [0.2, 0.25) is 0 Å². The van der Waals surface area contributed by atoms with Crippen LogP contribution in [0.1, 0.15) is 46.6 Å². The van der Waals surface area contributed by atoms with E-state index in [-0.39, 0.29) is 16.6 Å². The molecule has 1 N–H and O–H groups in total. The van der Waals surface area contributed by atoms with E-state index in [1.54, 1.807) is 10.9 Å². The van der Waals surface area contributed by atoms with Crippen LogP contribution < -0.4 is 0 Å². The van der Waals surface area contributed by atoms with Crippen LogP contribution in [0.25, 0.3) is 27.5 Å². The fraction of sp³-hybridized carbons (Fsp3) is 0.333. The van der Waals surface area contributed by atoms with Crippen LogP contribution in [-0.4, -0.2) is 20.1 Å². The Kier molecular flexibility index (Phi) is 4.18. The summed E-state index contributed by atoms with van der Waals surface area (Å²) in [4.78, 5) is 1.56. The van der Waals surface area contributed by atoms with Crippen LogP contribution in [-0.2, 0) is 5.41 Å². The quantitative estimate of drug-likeness (QED) is 0.480. The van der Waals surface area contributed by atoms with Gasteiger partial charge >= 0.3 is 0 Å². The van der Waals surface area contributed by atoms with Crippen LogP contribution in [0.5, 0.6) is 5.75 Å². The zero-order valence-corrected chi connectivity index (χ0v) is 17.2. The minimum atomic E-state index is -0.0278. The number of phenolic OH excluding ortho intramolecular Hbond substituents is 1. The van der Waals surface area contributed by atoms with Crippen LogP contribution in [0.15, 0.2) is 54.6 Å². The molecule has 0 atom stereocenters. The molecule has 0 saturated heterocycles. The highest BCUT2D eigenvalue weighted by molar-refractivity contribution is 6.03. The Bertz CT molecular complexity index is 1170. The van der Waals surface area contributed by atoms with Gasteiger partial charge in [-0.1, -0.05) is 71.0 Å². The van der Waals surface area contributed by atoms with Gasteiger partial charge < -0.3 is 5.11 Å². The van der Waals surface area contributed by atoms with Crippen molar-refractivity contribution in [2.45, 2.75) is 46.5 Å². The molecule has 4 rings (SSSR count). The van der Waals surface area contributed by atoms with Crippen molar-refractivity contribution in [3.63, 3.8) is 0 Å². The summed E-state index contributed by atoms with van der Waals surface area (Å²) >= 11 is 0. The summed E-state index contributed by atoms with van der Waals surface area (Å²) in [5.74, 6) is 0.180. The summed E-state index contributed by atoms with van der Waals surface area (Å²) in [6.07, 6.45) is 1.03. The first kappa shape index (κ1) is 18.5. The molecule has 0 saturated carbocycles. The number of nitrogens with zero attached hydrogens (tertiary/aromatic N) is 3. The predicted molar refractivity (Wildman–Crippen MR) is 115 cm³/mol. The van der Waals surface area contributed by atoms with E-state index in [1.165, 1.54) is 5.56 Å². The van der Waals surface area contributed by atoms with Crippen LogP contribution >= 0.6 is 0 Å². The Hall–Kier alpha value is -2.88. The molecule has 4 heteroatoms. The average molecular weight is 374 g/mol.